The molecule has 0 atom stereocenters. The van der Waals surface area contributed by atoms with E-state index in [1.165, 1.54) is 5.56 Å². The lowest BCUT2D eigenvalue weighted by atomic mass is 10.0. The van der Waals surface area contributed by atoms with Crippen LogP contribution in [-0.2, 0) is 0 Å². The van der Waals surface area contributed by atoms with E-state index >= 15 is 0 Å². The summed E-state index contributed by atoms with van der Waals surface area (Å²) < 4.78 is 0. The first-order valence-electron chi connectivity index (χ1n) is 8.24. The summed E-state index contributed by atoms with van der Waals surface area (Å²) in [7, 11) is 0. The lowest BCUT2D eigenvalue weighted by Gasteiger charge is -2.12. The quantitative estimate of drug-likeness (QED) is 0.648. The summed E-state index contributed by atoms with van der Waals surface area (Å²) in [6, 6.07) is 21.6. The van der Waals surface area contributed by atoms with Gasteiger partial charge >= 0.3 is 0 Å². The fourth-order valence-corrected chi connectivity index (χ4v) is 2.89. The van der Waals surface area contributed by atoms with Crippen LogP contribution >= 0.6 is 12.2 Å². The van der Waals surface area contributed by atoms with Gasteiger partial charge in [-0.3, -0.25) is 10.1 Å². The van der Waals surface area contributed by atoms with Crippen molar-refractivity contribution in [2.45, 2.75) is 19.8 Å². The summed E-state index contributed by atoms with van der Waals surface area (Å²) in [6.07, 6.45) is 0. The number of anilines is 1. The van der Waals surface area contributed by atoms with Gasteiger partial charge in [0, 0.05) is 16.6 Å². The summed E-state index contributed by atoms with van der Waals surface area (Å²) in [6.45, 7) is 4.25. The molecule has 0 aliphatic heterocycles. The monoisotopic (exact) mass is 348 g/mol. The molecule has 0 unspecified atom stereocenters. The van der Waals surface area contributed by atoms with Gasteiger partial charge in [-0.25, -0.2) is 0 Å². The second-order valence-corrected chi connectivity index (χ2v) is 6.62. The average molecular weight is 348 g/mol. The van der Waals surface area contributed by atoms with E-state index in [1.54, 1.807) is 0 Å². The number of amides is 1. The molecule has 25 heavy (non-hydrogen) atoms. The Hall–Kier alpha value is -2.72. The Balaban J connectivity index is 1.70. The average Bonchev–Trinajstić information content (AvgIpc) is 2.62. The third-order valence-electron chi connectivity index (χ3n) is 4.10. The molecule has 3 rings (SSSR count). The predicted octanol–water partition coefficient (Wildman–Crippen LogP) is 5.09. The summed E-state index contributed by atoms with van der Waals surface area (Å²) in [4.78, 5) is 12.4. The Morgan fingerprint density at radius 2 is 1.60 bits per heavy atom. The van der Waals surface area contributed by atoms with E-state index in [9.17, 15) is 4.79 Å². The highest BCUT2D eigenvalue weighted by atomic mass is 32.1. The topological polar surface area (TPSA) is 41.1 Å². The molecule has 0 aliphatic carbocycles. The number of nitrogens with one attached hydrogen (secondary N) is 2. The van der Waals surface area contributed by atoms with E-state index < -0.39 is 0 Å². The Bertz CT molecular complexity index is 911. The molecule has 0 saturated carbocycles. The van der Waals surface area contributed by atoms with Crippen LogP contribution in [-0.4, -0.2) is 11.0 Å². The molecule has 0 radical (unpaired) electrons. The fraction of sp³-hybridized carbons (Fsp3) is 0.143. The van der Waals surface area contributed by atoms with Crippen molar-refractivity contribution in [2.75, 3.05) is 5.32 Å². The number of hydrogen-bond donors (Lipinski definition) is 2. The molecule has 2 N–H and O–H groups in total. The van der Waals surface area contributed by atoms with Crippen molar-refractivity contribution in [3.05, 3.63) is 77.9 Å². The van der Waals surface area contributed by atoms with Crippen LogP contribution in [0.25, 0.3) is 10.8 Å². The molecular weight excluding hydrogens is 328 g/mol. The molecule has 3 aromatic rings. The molecule has 3 aromatic carbocycles. The van der Waals surface area contributed by atoms with Crippen molar-refractivity contribution in [3.8, 4) is 0 Å². The molecule has 0 bridgehead atoms. The molecule has 0 heterocycles. The number of carbonyl (C=O) groups is 1. The Morgan fingerprint density at radius 3 is 2.32 bits per heavy atom. The smallest absolute Gasteiger partial charge is 0.257 e. The van der Waals surface area contributed by atoms with Crippen LogP contribution in [0.4, 0.5) is 5.69 Å². The number of carbonyl (C=O) groups excluding carboxylic acids is 1. The van der Waals surface area contributed by atoms with Crippen molar-refractivity contribution in [1.82, 2.24) is 5.32 Å². The molecule has 0 aliphatic rings. The molecule has 0 aromatic heterocycles. The van der Waals surface area contributed by atoms with Gasteiger partial charge in [-0.1, -0.05) is 62.4 Å². The van der Waals surface area contributed by atoms with Gasteiger partial charge < -0.3 is 5.32 Å². The predicted molar refractivity (Wildman–Crippen MR) is 108 cm³/mol. The van der Waals surface area contributed by atoms with Crippen molar-refractivity contribution in [2.24, 2.45) is 0 Å². The number of fused-ring (bicyclic) bond motifs is 1. The number of benzene rings is 3. The number of hydrogen-bond acceptors (Lipinski definition) is 2. The van der Waals surface area contributed by atoms with Crippen LogP contribution in [0.1, 0.15) is 35.7 Å². The van der Waals surface area contributed by atoms with Crippen LogP contribution < -0.4 is 10.6 Å². The largest absolute Gasteiger partial charge is 0.332 e. The van der Waals surface area contributed by atoms with Crippen molar-refractivity contribution in [3.63, 3.8) is 0 Å². The zero-order chi connectivity index (χ0) is 17.8. The highest BCUT2D eigenvalue weighted by Gasteiger charge is 2.09. The van der Waals surface area contributed by atoms with Gasteiger partial charge in [-0.05, 0) is 47.3 Å². The number of rotatable bonds is 3. The zero-order valence-electron chi connectivity index (χ0n) is 14.2. The van der Waals surface area contributed by atoms with E-state index in [2.05, 4.69) is 24.5 Å². The third-order valence-corrected chi connectivity index (χ3v) is 4.31. The number of thiocarbonyl (C=S) groups is 1. The summed E-state index contributed by atoms with van der Waals surface area (Å²) >= 11 is 5.30. The van der Waals surface area contributed by atoms with Gasteiger partial charge in [0.15, 0.2) is 5.11 Å². The third kappa shape index (κ3) is 4.03. The van der Waals surface area contributed by atoms with Gasteiger partial charge in [0.05, 0.1) is 0 Å². The van der Waals surface area contributed by atoms with E-state index in [-0.39, 0.29) is 11.0 Å². The maximum Gasteiger partial charge on any atom is 0.257 e. The molecule has 0 spiro atoms. The van der Waals surface area contributed by atoms with Gasteiger partial charge in [0.1, 0.15) is 0 Å². The highest BCUT2D eigenvalue weighted by Crippen LogP contribution is 2.22. The van der Waals surface area contributed by atoms with E-state index in [4.69, 9.17) is 12.2 Å². The highest BCUT2D eigenvalue weighted by molar-refractivity contribution is 7.80. The first-order valence-corrected chi connectivity index (χ1v) is 8.65. The van der Waals surface area contributed by atoms with Crippen molar-refractivity contribution < 1.29 is 4.79 Å². The molecule has 0 fully saturated rings. The molecular formula is C21H20N2OS. The summed E-state index contributed by atoms with van der Waals surface area (Å²) in [5.74, 6) is 0.222. The van der Waals surface area contributed by atoms with Crippen LogP contribution in [0.2, 0.25) is 0 Å². The molecule has 3 nitrogen and oxygen atoms in total. The van der Waals surface area contributed by atoms with Crippen molar-refractivity contribution >= 4 is 39.7 Å². The van der Waals surface area contributed by atoms with Crippen LogP contribution in [0.3, 0.4) is 0 Å². The SMILES string of the molecule is CC(C)c1ccc(C(=O)NC(=S)Nc2cccc3ccccc23)cc1. The lowest BCUT2D eigenvalue weighted by molar-refractivity contribution is 0.0977. The Labute approximate surface area is 153 Å². The van der Waals surface area contributed by atoms with Gasteiger partial charge in [-0.15, -0.1) is 0 Å². The molecule has 126 valence electrons. The maximum absolute atomic E-state index is 12.4. The summed E-state index contributed by atoms with van der Waals surface area (Å²) in [5, 5.41) is 8.32. The fourth-order valence-electron chi connectivity index (χ4n) is 2.68. The van der Waals surface area contributed by atoms with Gasteiger partial charge in [-0.2, -0.15) is 0 Å². The maximum atomic E-state index is 12.4. The van der Waals surface area contributed by atoms with E-state index in [0.29, 0.717) is 11.5 Å². The van der Waals surface area contributed by atoms with Crippen LogP contribution in [0.15, 0.2) is 66.7 Å². The molecule has 0 saturated heterocycles. The molecule has 1 amide bonds. The zero-order valence-corrected chi connectivity index (χ0v) is 15.1. The normalized spacial score (nSPS) is 10.7. The minimum Gasteiger partial charge on any atom is -0.332 e. The second-order valence-electron chi connectivity index (χ2n) is 6.21. The minimum absolute atomic E-state index is 0.215. The first-order chi connectivity index (χ1) is 12.0. The van der Waals surface area contributed by atoms with Crippen molar-refractivity contribution in [1.29, 1.82) is 0 Å². The van der Waals surface area contributed by atoms with Gasteiger partial charge in [0.25, 0.3) is 5.91 Å². The van der Waals surface area contributed by atoms with Crippen LogP contribution in [0, 0.1) is 0 Å². The Morgan fingerprint density at radius 1 is 0.920 bits per heavy atom. The second kappa shape index (κ2) is 7.45. The van der Waals surface area contributed by atoms with Crippen LogP contribution in [0.5, 0.6) is 0 Å². The standard InChI is InChI=1S/C21H20N2OS/c1-14(2)15-10-12-17(13-11-15)20(24)23-21(25)22-19-9-5-7-16-6-3-4-8-18(16)19/h3-14H,1-2H3,(H2,22,23,24,25). The van der Waals surface area contributed by atoms with E-state index in [1.807, 2.05) is 66.7 Å². The van der Waals surface area contributed by atoms with E-state index in [0.717, 1.165) is 16.5 Å². The minimum atomic E-state index is -0.215. The Kier molecular flexibility index (Phi) is 5.10. The first kappa shape index (κ1) is 17.1. The molecule has 4 heteroatoms. The lowest BCUT2D eigenvalue weighted by Crippen LogP contribution is -2.34. The summed E-state index contributed by atoms with van der Waals surface area (Å²) in [5.41, 5.74) is 2.66. The van der Waals surface area contributed by atoms with Gasteiger partial charge in [0.2, 0.25) is 0 Å².